The van der Waals surface area contributed by atoms with Gasteiger partial charge in [-0.15, -0.1) is 0 Å². The third-order valence-electron chi connectivity index (χ3n) is 9.75. The Bertz CT molecular complexity index is 1590. The molecule has 1 amide bonds. The van der Waals surface area contributed by atoms with E-state index in [9.17, 15) is 44.8 Å². The van der Waals surface area contributed by atoms with Crippen LogP contribution in [0.1, 0.15) is 62.1 Å². The van der Waals surface area contributed by atoms with Gasteiger partial charge in [0.2, 0.25) is 11.6 Å². The molecule has 5 rings (SSSR count). The summed E-state index contributed by atoms with van der Waals surface area (Å²) in [6, 6.07) is 7.58. The Labute approximate surface area is 251 Å². The van der Waals surface area contributed by atoms with Crippen molar-refractivity contribution in [1.82, 2.24) is 4.90 Å². The summed E-state index contributed by atoms with van der Waals surface area (Å²) in [4.78, 5) is 37.9. The first kappa shape index (κ1) is 32.1. The standard InChI is InChI=1S/C31H32F5NO6S/c1-29(33,31(34,35)36)21-3-9-25-18(14-21)2-8-24-19(15-26(38)20-16-27(39)37(17-20)13-11-28(40)41)10-12-30(24,25)44(42,43)23-6-4-22(32)5-7-23/h3-7,9,14,19-20,24H,2,8,10-13,15-17H2,1H3,(H,40,41)/t19-,20-,24-,29?,30-/m0/s1. The highest BCUT2D eigenvalue weighted by molar-refractivity contribution is 7.92. The number of fused-ring (bicyclic) bond motifs is 3. The fourth-order valence-electron chi connectivity index (χ4n) is 7.36. The number of carboxylic acids is 1. The first-order valence-corrected chi connectivity index (χ1v) is 15.9. The molecule has 2 aliphatic carbocycles. The third-order valence-corrected chi connectivity index (χ3v) is 12.3. The summed E-state index contributed by atoms with van der Waals surface area (Å²) in [5, 5.41) is 8.94. The zero-order chi connectivity index (χ0) is 32.2. The Kier molecular flexibility index (Phi) is 8.18. The van der Waals surface area contributed by atoms with Gasteiger partial charge in [-0.25, -0.2) is 17.2 Å². The number of carbonyl (C=O) groups excluding carboxylic acids is 2. The number of aliphatic carboxylic acids is 1. The van der Waals surface area contributed by atoms with Gasteiger partial charge in [-0.2, -0.15) is 13.2 Å². The van der Waals surface area contributed by atoms with E-state index in [2.05, 4.69) is 0 Å². The number of likely N-dealkylation sites (tertiary alicyclic amines) is 1. The maximum atomic E-state index is 14.9. The number of hydrogen-bond acceptors (Lipinski definition) is 5. The summed E-state index contributed by atoms with van der Waals surface area (Å²) in [6.45, 7) is 0.474. The lowest BCUT2D eigenvalue weighted by molar-refractivity contribution is -0.228. The molecule has 2 aromatic carbocycles. The van der Waals surface area contributed by atoms with E-state index in [4.69, 9.17) is 5.11 Å². The van der Waals surface area contributed by atoms with Crippen LogP contribution in [0.4, 0.5) is 22.0 Å². The van der Waals surface area contributed by atoms with Crippen LogP contribution in [0.15, 0.2) is 47.4 Å². The number of aryl methyl sites for hydroxylation is 1. The molecule has 0 radical (unpaired) electrons. The van der Waals surface area contributed by atoms with Crippen LogP contribution in [0.5, 0.6) is 0 Å². The minimum Gasteiger partial charge on any atom is -0.481 e. The van der Waals surface area contributed by atoms with Crippen LogP contribution in [0.2, 0.25) is 0 Å². The van der Waals surface area contributed by atoms with Crippen molar-refractivity contribution in [3.05, 3.63) is 65.0 Å². The van der Waals surface area contributed by atoms with Crippen LogP contribution in [0, 0.1) is 23.6 Å². The summed E-state index contributed by atoms with van der Waals surface area (Å²) in [5.41, 5.74) is -3.77. The average molecular weight is 642 g/mol. The monoisotopic (exact) mass is 641 g/mol. The predicted molar refractivity (Wildman–Crippen MR) is 147 cm³/mol. The summed E-state index contributed by atoms with van der Waals surface area (Å²) in [5.74, 6) is -4.02. The molecule has 1 unspecified atom stereocenters. The molecule has 0 aromatic heterocycles. The van der Waals surface area contributed by atoms with E-state index < -0.39 is 61.5 Å². The van der Waals surface area contributed by atoms with E-state index in [1.54, 1.807) is 0 Å². The number of benzene rings is 2. The van der Waals surface area contributed by atoms with Crippen LogP contribution in [0.25, 0.3) is 0 Å². The van der Waals surface area contributed by atoms with E-state index in [0.29, 0.717) is 13.3 Å². The first-order chi connectivity index (χ1) is 20.5. The second kappa shape index (κ2) is 11.2. The Hall–Kier alpha value is -3.35. The van der Waals surface area contributed by atoms with Crippen LogP contribution in [-0.4, -0.2) is 55.3 Å². The van der Waals surface area contributed by atoms with Crippen molar-refractivity contribution in [2.24, 2.45) is 17.8 Å². The van der Waals surface area contributed by atoms with Gasteiger partial charge in [0.25, 0.3) is 0 Å². The summed E-state index contributed by atoms with van der Waals surface area (Å²) in [6.07, 6.45) is -4.84. The molecule has 1 heterocycles. The van der Waals surface area contributed by atoms with Gasteiger partial charge in [0.05, 0.1) is 11.3 Å². The molecule has 0 bridgehead atoms. The Morgan fingerprint density at radius 1 is 1.07 bits per heavy atom. The number of carboxylic acid groups (broad SMARTS) is 1. The molecular weight excluding hydrogens is 609 g/mol. The molecule has 5 atom stereocenters. The maximum absolute atomic E-state index is 14.9. The van der Waals surface area contributed by atoms with E-state index in [1.807, 2.05) is 0 Å². The minimum atomic E-state index is -5.19. The zero-order valence-electron chi connectivity index (χ0n) is 23.9. The molecule has 1 aliphatic heterocycles. The Morgan fingerprint density at radius 2 is 1.75 bits per heavy atom. The lowest BCUT2D eigenvalue weighted by Crippen LogP contribution is -2.45. The van der Waals surface area contributed by atoms with Crippen LogP contribution in [0.3, 0.4) is 0 Å². The molecule has 7 nitrogen and oxygen atoms in total. The number of amides is 1. The third kappa shape index (κ3) is 5.30. The van der Waals surface area contributed by atoms with Gasteiger partial charge in [0.1, 0.15) is 16.3 Å². The smallest absolute Gasteiger partial charge is 0.426 e. The van der Waals surface area contributed by atoms with Gasteiger partial charge in [-0.05, 0) is 85.4 Å². The molecule has 2 aromatic rings. The van der Waals surface area contributed by atoms with Crippen molar-refractivity contribution in [3.8, 4) is 0 Å². The number of sulfone groups is 1. The van der Waals surface area contributed by atoms with E-state index in [-0.39, 0.29) is 79.3 Å². The van der Waals surface area contributed by atoms with Gasteiger partial charge in [0, 0.05) is 31.8 Å². The highest BCUT2D eigenvalue weighted by atomic mass is 32.2. The van der Waals surface area contributed by atoms with Crippen molar-refractivity contribution in [1.29, 1.82) is 0 Å². The second-order valence-electron chi connectivity index (χ2n) is 12.2. The summed E-state index contributed by atoms with van der Waals surface area (Å²) in [7, 11) is -4.30. The lowest BCUT2D eigenvalue weighted by atomic mass is 9.71. The fraction of sp³-hybridized carbons (Fsp3) is 0.516. The van der Waals surface area contributed by atoms with Crippen LogP contribution in [-0.2, 0) is 41.1 Å². The highest BCUT2D eigenvalue weighted by Crippen LogP contribution is 2.60. The SMILES string of the molecule is CC(F)(c1ccc2c(c1)CC[C@H]1[C@H](CC(=O)[C@H]3CC(=O)N(CCC(=O)O)C3)CC[C@@]21S(=O)(=O)c1ccc(F)cc1)C(F)(F)F. The number of nitrogens with zero attached hydrogens (tertiary/aromatic N) is 1. The molecule has 238 valence electrons. The molecule has 1 N–H and O–H groups in total. The summed E-state index contributed by atoms with van der Waals surface area (Å²) < 4.78 is 96.5. The quantitative estimate of drug-likeness (QED) is 0.286. The first-order valence-electron chi connectivity index (χ1n) is 14.4. The number of ketones is 1. The molecule has 1 saturated carbocycles. The zero-order valence-corrected chi connectivity index (χ0v) is 24.7. The average Bonchev–Trinajstić information content (AvgIpc) is 3.52. The molecule has 1 saturated heterocycles. The van der Waals surface area contributed by atoms with Crippen molar-refractivity contribution >= 4 is 27.5 Å². The van der Waals surface area contributed by atoms with Gasteiger partial charge in [0.15, 0.2) is 9.84 Å². The number of Topliss-reactive ketones (excluding diaryl/α,β-unsaturated/α-hetero) is 1. The number of alkyl halides is 4. The lowest BCUT2D eigenvalue weighted by Gasteiger charge is -2.43. The van der Waals surface area contributed by atoms with Gasteiger partial charge in [-0.1, -0.05) is 18.2 Å². The minimum absolute atomic E-state index is 0.0198. The molecule has 13 heteroatoms. The van der Waals surface area contributed by atoms with Gasteiger partial charge in [-0.3, -0.25) is 14.4 Å². The fourth-order valence-corrected chi connectivity index (χ4v) is 9.86. The van der Waals surface area contributed by atoms with Gasteiger partial charge < -0.3 is 10.0 Å². The van der Waals surface area contributed by atoms with Crippen molar-refractivity contribution in [3.63, 3.8) is 0 Å². The molecule has 2 fully saturated rings. The summed E-state index contributed by atoms with van der Waals surface area (Å²) >= 11 is 0. The topological polar surface area (TPSA) is 109 Å². The highest BCUT2D eigenvalue weighted by Gasteiger charge is 2.61. The van der Waals surface area contributed by atoms with Crippen molar-refractivity contribution < 1.29 is 49.9 Å². The normalized spacial score (nSPS) is 26.6. The van der Waals surface area contributed by atoms with E-state index >= 15 is 0 Å². The second-order valence-corrected chi connectivity index (χ2v) is 14.4. The number of rotatable bonds is 9. The van der Waals surface area contributed by atoms with Crippen LogP contribution < -0.4 is 0 Å². The molecule has 44 heavy (non-hydrogen) atoms. The van der Waals surface area contributed by atoms with Crippen molar-refractivity contribution in [2.75, 3.05) is 13.1 Å². The van der Waals surface area contributed by atoms with Gasteiger partial charge >= 0.3 is 12.1 Å². The van der Waals surface area contributed by atoms with Crippen LogP contribution >= 0.6 is 0 Å². The largest absolute Gasteiger partial charge is 0.481 e. The molecule has 0 spiro atoms. The van der Waals surface area contributed by atoms with Crippen molar-refractivity contribution in [2.45, 2.75) is 73.4 Å². The number of halogens is 5. The molecule has 3 aliphatic rings. The number of carbonyl (C=O) groups is 3. The molecular formula is C31H32F5NO6S. The Morgan fingerprint density at radius 3 is 2.39 bits per heavy atom. The maximum Gasteiger partial charge on any atom is 0.426 e. The predicted octanol–water partition coefficient (Wildman–Crippen LogP) is 5.50. The van der Waals surface area contributed by atoms with E-state index in [0.717, 1.165) is 36.4 Å². The van der Waals surface area contributed by atoms with E-state index in [1.165, 1.54) is 11.0 Å². The Balaban J connectivity index is 1.50. The number of hydrogen-bond donors (Lipinski definition) is 1.